The van der Waals surface area contributed by atoms with Gasteiger partial charge >= 0.3 is 0 Å². The molecule has 106 valence electrons. The van der Waals surface area contributed by atoms with Gasteiger partial charge in [-0.2, -0.15) is 0 Å². The molecule has 1 heterocycles. The maximum atomic E-state index is 5.97. The first-order valence-corrected chi connectivity index (χ1v) is 7.32. The van der Waals surface area contributed by atoms with Crippen molar-refractivity contribution in [3.8, 4) is 5.75 Å². The molecule has 1 fully saturated rings. The minimum absolute atomic E-state index is 0.675. The monoisotopic (exact) mass is 262 g/mol. The molecule has 0 spiro atoms. The summed E-state index contributed by atoms with van der Waals surface area (Å²) in [7, 11) is 0. The van der Waals surface area contributed by atoms with Crippen molar-refractivity contribution in [1.29, 1.82) is 0 Å². The molecule has 1 aliphatic heterocycles. The summed E-state index contributed by atoms with van der Waals surface area (Å²) in [5, 5.41) is 0. The number of hydrogen-bond acceptors (Lipinski definition) is 3. The lowest BCUT2D eigenvalue weighted by molar-refractivity contribution is 0.149. The Balaban J connectivity index is 1.80. The number of benzene rings is 1. The van der Waals surface area contributed by atoms with Crippen LogP contribution in [0.15, 0.2) is 18.2 Å². The van der Waals surface area contributed by atoms with Crippen LogP contribution in [0.1, 0.15) is 24.0 Å². The average Bonchev–Trinajstić information content (AvgIpc) is 2.42. The van der Waals surface area contributed by atoms with Gasteiger partial charge in [0.25, 0.3) is 0 Å². The molecule has 1 aliphatic rings. The SMILES string of the molecule is Cc1cccc(C)c1OCCN1CCCC(CN)C1. The Kier molecular flexibility index (Phi) is 5.23. The van der Waals surface area contributed by atoms with Crippen molar-refractivity contribution in [2.24, 2.45) is 11.7 Å². The molecule has 2 rings (SSSR count). The third-order valence-corrected chi connectivity index (χ3v) is 4.00. The fourth-order valence-corrected chi connectivity index (χ4v) is 2.85. The molecule has 1 atom stereocenters. The van der Waals surface area contributed by atoms with E-state index in [-0.39, 0.29) is 0 Å². The van der Waals surface area contributed by atoms with Gasteiger partial charge in [0.15, 0.2) is 0 Å². The molecule has 3 nitrogen and oxygen atoms in total. The van der Waals surface area contributed by atoms with E-state index in [1.807, 2.05) is 0 Å². The topological polar surface area (TPSA) is 38.5 Å². The zero-order chi connectivity index (χ0) is 13.7. The summed E-state index contributed by atoms with van der Waals surface area (Å²) in [5.74, 6) is 1.73. The van der Waals surface area contributed by atoms with Gasteiger partial charge in [-0.25, -0.2) is 0 Å². The first-order valence-electron chi connectivity index (χ1n) is 7.32. The smallest absolute Gasteiger partial charge is 0.125 e. The lowest BCUT2D eigenvalue weighted by atomic mass is 9.98. The highest BCUT2D eigenvalue weighted by Crippen LogP contribution is 2.22. The van der Waals surface area contributed by atoms with Crippen molar-refractivity contribution >= 4 is 0 Å². The van der Waals surface area contributed by atoms with Crippen LogP contribution >= 0.6 is 0 Å². The van der Waals surface area contributed by atoms with E-state index in [2.05, 4.69) is 36.9 Å². The number of para-hydroxylation sites is 1. The first kappa shape index (κ1) is 14.4. The number of piperidine rings is 1. The minimum atomic E-state index is 0.675. The second-order valence-electron chi connectivity index (χ2n) is 5.61. The van der Waals surface area contributed by atoms with Crippen molar-refractivity contribution in [3.05, 3.63) is 29.3 Å². The van der Waals surface area contributed by atoms with E-state index in [4.69, 9.17) is 10.5 Å². The molecule has 0 amide bonds. The van der Waals surface area contributed by atoms with Crippen LogP contribution in [-0.4, -0.2) is 37.7 Å². The van der Waals surface area contributed by atoms with Crippen molar-refractivity contribution in [2.45, 2.75) is 26.7 Å². The molecule has 2 N–H and O–H groups in total. The molecule has 0 aliphatic carbocycles. The summed E-state index contributed by atoms with van der Waals surface area (Å²) in [5.41, 5.74) is 8.21. The van der Waals surface area contributed by atoms with Crippen LogP contribution in [0.25, 0.3) is 0 Å². The number of aryl methyl sites for hydroxylation is 2. The Morgan fingerprint density at radius 2 is 2.05 bits per heavy atom. The number of hydrogen-bond donors (Lipinski definition) is 1. The van der Waals surface area contributed by atoms with E-state index in [1.165, 1.54) is 30.5 Å². The average molecular weight is 262 g/mol. The maximum absolute atomic E-state index is 5.97. The van der Waals surface area contributed by atoms with Gasteiger partial charge in [0.05, 0.1) is 0 Å². The molecule has 0 aromatic heterocycles. The van der Waals surface area contributed by atoms with E-state index in [0.717, 1.165) is 32.0 Å². The molecular weight excluding hydrogens is 236 g/mol. The minimum Gasteiger partial charge on any atom is -0.492 e. The van der Waals surface area contributed by atoms with E-state index in [1.54, 1.807) is 0 Å². The normalized spacial score (nSPS) is 20.5. The Labute approximate surface area is 116 Å². The van der Waals surface area contributed by atoms with Gasteiger partial charge in [-0.15, -0.1) is 0 Å². The number of likely N-dealkylation sites (tertiary alicyclic amines) is 1. The van der Waals surface area contributed by atoms with Crippen molar-refractivity contribution in [2.75, 3.05) is 32.8 Å². The molecular formula is C16H26N2O. The van der Waals surface area contributed by atoms with E-state index in [9.17, 15) is 0 Å². The summed E-state index contributed by atoms with van der Waals surface area (Å²) in [6.45, 7) is 9.11. The van der Waals surface area contributed by atoms with Gasteiger partial charge in [0, 0.05) is 13.1 Å². The molecule has 19 heavy (non-hydrogen) atoms. The second-order valence-corrected chi connectivity index (χ2v) is 5.61. The van der Waals surface area contributed by atoms with Gasteiger partial charge < -0.3 is 10.5 Å². The first-order chi connectivity index (χ1) is 9.20. The Morgan fingerprint density at radius 1 is 1.32 bits per heavy atom. The predicted octanol–water partition coefficient (Wildman–Crippen LogP) is 2.35. The van der Waals surface area contributed by atoms with Crippen LogP contribution in [0.5, 0.6) is 5.75 Å². The largest absolute Gasteiger partial charge is 0.492 e. The van der Waals surface area contributed by atoms with Gasteiger partial charge in [0.1, 0.15) is 12.4 Å². The van der Waals surface area contributed by atoms with Gasteiger partial charge in [0.2, 0.25) is 0 Å². The highest BCUT2D eigenvalue weighted by atomic mass is 16.5. The maximum Gasteiger partial charge on any atom is 0.125 e. The second kappa shape index (κ2) is 6.92. The molecule has 0 bridgehead atoms. The highest BCUT2D eigenvalue weighted by Gasteiger charge is 2.18. The summed E-state index contributed by atoms with van der Waals surface area (Å²) >= 11 is 0. The zero-order valence-corrected chi connectivity index (χ0v) is 12.2. The Bertz CT molecular complexity index is 385. The zero-order valence-electron chi connectivity index (χ0n) is 12.2. The number of nitrogens with two attached hydrogens (primary N) is 1. The molecule has 0 saturated carbocycles. The van der Waals surface area contributed by atoms with Crippen molar-refractivity contribution < 1.29 is 4.74 Å². The molecule has 1 unspecified atom stereocenters. The molecule has 3 heteroatoms. The van der Waals surface area contributed by atoms with E-state index < -0.39 is 0 Å². The predicted molar refractivity (Wildman–Crippen MR) is 79.6 cm³/mol. The third kappa shape index (κ3) is 3.95. The molecule has 1 aromatic carbocycles. The van der Waals surface area contributed by atoms with E-state index >= 15 is 0 Å². The highest BCUT2D eigenvalue weighted by molar-refractivity contribution is 5.39. The molecule has 1 aromatic rings. The van der Waals surface area contributed by atoms with Gasteiger partial charge in [-0.1, -0.05) is 18.2 Å². The molecule has 1 saturated heterocycles. The number of rotatable bonds is 5. The third-order valence-electron chi connectivity index (χ3n) is 4.00. The van der Waals surface area contributed by atoms with Crippen LogP contribution in [-0.2, 0) is 0 Å². The van der Waals surface area contributed by atoms with Crippen LogP contribution in [0.2, 0.25) is 0 Å². The fraction of sp³-hybridized carbons (Fsp3) is 0.625. The number of nitrogens with zero attached hydrogens (tertiary/aromatic N) is 1. The molecule has 0 radical (unpaired) electrons. The van der Waals surface area contributed by atoms with Crippen LogP contribution < -0.4 is 10.5 Å². The lowest BCUT2D eigenvalue weighted by Crippen LogP contribution is -2.40. The Hall–Kier alpha value is -1.06. The Morgan fingerprint density at radius 3 is 2.74 bits per heavy atom. The number of ether oxygens (including phenoxy) is 1. The summed E-state index contributed by atoms with van der Waals surface area (Å²) in [4.78, 5) is 2.48. The standard InChI is InChI=1S/C16H26N2O/c1-13-5-3-6-14(2)16(13)19-10-9-18-8-4-7-15(11-17)12-18/h3,5-6,15H,4,7-12,17H2,1-2H3. The fourth-order valence-electron chi connectivity index (χ4n) is 2.85. The van der Waals surface area contributed by atoms with E-state index in [0.29, 0.717) is 5.92 Å². The van der Waals surface area contributed by atoms with Crippen LogP contribution in [0, 0.1) is 19.8 Å². The van der Waals surface area contributed by atoms with Crippen molar-refractivity contribution in [3.63, 3.8) is 0 Å². The summed E-state index contributed by atoms with van der Waals surface area (Å²) < 4.78 is 5.97. The summed E-state index contributed by atoms with van der Waals surface area (Å²) in [6.07, 6.45) is 2.55. The van der Waals surface area contributed by atoms with Crippen LogP contribution in [0.3, 0.4) is 0 Å². The summed E-state index contributed by atoms with van der Waals surface area (Å²) in [6, 6.07) is 6.29. The van der Waals surface area contributed by atoms with Gasteiger partial charge in [-0.05, 0) is 56.8 Å². The van der Waals surface area contributed by atoms with Gasteiger partial charge in [-0.3, -0.25) is 4.90 Å². The van der Waals surface area contributed by atoms with Crippen molar-refractivity contribution in [1.82, 2.24) is 4.90 Å². The van der Waals surface area contributed by atoms with Crippen LogP contribution in [0.4, 0.5) is 0 Å². The lowest BCUT2D eigenvalue weighted by Gasteiger charge is -2.32. The quantitative estimate of drug-likeness (QED) is 0.885.